The van der Waals surface area contributed by atoms with Crippen LogP contribution in [0, 0.1) is 5.92 Å². The van der Waals surface area contributed by atoms with Crippen LogP contribution < -0.4 is 5.32 Å². The molecule has 1 N–H and O–H groups in total. The third-order valence-corrected chi connectivity index (χ3v) is 4.03. The molecule has 1 atom stereocenters. The van der Waals surface area contributed by atoms with Crippen LogP contribution in [-0.2, 0) is 14.3 Å². The number of hydrogen-bond acceptors (Lipinski definition) is 3. The van der Waals surface area contributed by atoms with Crippen LogP contribution in [0.4, 0.5) is 0 Å². The number of nitrogens with zero attached hydrogens (tertiary/aromatic N) is 1. The van der Waals surface area contributed by atoms with Gasteiger partial charge in [0.05, 0.1) is 13.2 Å². The van der Waals surface area contributed by atoms with Crippen molar-refractivity contribution in [2.75, 3.05) is 26.3 Å². The number of ether oxygens (including phenoxy) is 1. The minimum absolute atomic E-state index is 0.00691. The summed E-state index contributed by atoms with van der Waals surface area (Å²) in [6, 6.07) is -0.424. The van der Waals surface area contributed by atoms with Crippen molar-refractivity contribution in [2.45, 2.75) is 45.1 Å². The number of carbonyl (C=O) groups is 2. The standard InChI is InChI=1S/C14H24N2O3/c1-11(14(18)16-7-9-19-10-8-16)15-13(17)12-5-3-2-4-6-12/h11-12H,2-10H2,1H3,(H,15,17)/t11-/m1/s1. The lowest BCUT2D eigenvalue weighted by Crippen LogP contribution is -2.51. The Labute approximate surface area is 114 Å². The van der Waals surface area contributed by atoms with Gasteiger partial charge in [-0.3, -0.25) is 9.59 Å². The molecule has 2 rings (SSSR count). The summed E-state index contributed by atoms with van der Waals surface area (Å²) < 4.78 is 5.22. The van der Waals surface area contributed by atoms with Gasteiger partial charge >= 0.3 is 0 Å². The molecule has 1 aliphatic heterocycles. The number of hydrogen-bond donors (Lipinski definition) is 1. The second-order valence-electron chi connectivity index (χ2n) is 5.50. The number of morpholine rings is 1. The Morgan fingerprint density at radius 2 is 1.79 bits per heavy atom. The molecule has 0 spiro atoms. The maximum absolute atomic E-state index is 12.2. The average molecular weight is 268 g/mol. The molecular formula is C14H24N2O3. The smallest absolute Gasteiger partial charge is 0.245 e. The number of nitrogens with one attached hydrogen (secondary N) is 1. The molecule has 0 bridgehead atoms. The first-order valence-electron chi connectivity index (χ1n) is 7.35. The summed E-state index contributed by atoms with van der Waals surface area (Å²) in [5, 5.41) is 2.88. The first-order valence-corrected chi connectivity index (χ1v) is 7.35. The fraction of sp³-hybridized carbons (Fsp3) is 0.857. The Morgan fingerprint density at radius 1 is 1.16 bits per heavy atom. The quantitative estimate of drug-likeness (QED) is 0.828. The Hall–Kier alpha value is -1.10. The second-order valence-corrected chi connectivity index (χ2v) is 5.50. The normalized spacial score (nSPS) is 22.9. The van der Waals surface area contributed by atoms with Crippen LogP contribution in [-0.4, -0.2) is 49.1 Å². The SMILES string of the molecule is C[C@@H](NC(=O)C1CCCCC1)C(=O)N1CCOCC1. The van der Waals surface area contributed by atoms with Gasteiger partial charge in [-0.1, -0.05) is 19.3 Å². The van der Waals surface area contributed by atoms with Crippen molar-refractivity contribution >= 4 is 11.8 Å². The van der Waals surface area contributed by atoms with Gasteiger partial charge in [-0.25, -0.2) is 0 Å². The van der Waals surface area contributed by atoms with Gasteiger partial charge in [0.15, 0.2) is 0 Å². The minimum atomic E-state index is -0.424. The number of rotatable bonds is 3. The zero-order valence-electron chi connectivity index (χ0n) is 11.7. The van der Waals surface area contributed by atoms with Crippen molar-refractivity contribution in [2.24, 2.45) is 5.92 Å². The molecule has 5 heteroatoms. The zero-order valence-corrected chi connectivity index (χ0v) is 11.7. The van der Waals surface area contributed by atoms with Gasteiger partial charge in [0.2, 0.25) is 11.8 Å². The summed E-state index contributed by atoms with van der Waals surface area (Å²) in [5.41, 5.74) is 0. The first kappa shape index (κ1) is 14.3. The van der Waals surface area contributed by atoms with Crippen molar-refractivity contribution in [3.05, 3.63) is 0 Å². The van der Waals surface area contributed by atoms with Gasteiger partial charge in [-0.15, -0.1) is 0 Å². The van der Waals surface area contributed by atoms with Crippen LogP contribution in [0.1, 0.15) is 39.0 Å². The first-order chi connectivity index (χ1) is 9.18. The lowest BCUT2D eigenvalue weighted by molar-refractivity contribution is -0.140. The number of carbonyl (C=O) groups excluding carboxylic acids is 2. The van der Waals surface area contributed by atoms with Gasteiger partial charge < -0.3 is 15.0 Å². The summed E-state index contributed by atoms with van der Waals surface area (Å²) in [6.45, 7) is 4.22. The van der Waals surface area contributed by atoms with Crippen LogP contribution >= 0.6 is 0 Å². The lowest BCUT2D eigenvalue weighted by Gasteiger charge is -2.30. The maximum atomic E-state index is 12.2. The van der Waals surface area contributed by atoms with E-state index in [0.717, 1.165) is 25.7 Å². The molecule has 2 aliphatic rings. The Morgan fingerprint density at radius 3 is 2.42 bits per heavy atom. The molecule has 0 aromatic heterocycles. The molecule has 0 radical (unpaired) electrons. The molecule has 5 nitrogen and oxygen atoms in total. The third kappa shape index (κ3) is 3.93. The molecule has 0 unspecified atom stereocenters. The van der Waals surface area contributed by atoms with E-state index in [1.165, 1.54) is 6.42 Å². The monoisotopic (exact) mass is 268 g/mol. The van der Waals surface area contributed by atoms with Crippen molar-refractivity contribution in [3.8, 4) is 0 Å². The van der Waals surface area contributed by atoms with Crippen LogP contribution in [0.25, 0.3) is 0 Å². The van der Waals surface area contributed by atoms with Crippen molar-refractivity contribution in [1.82, 2.24) is 10.2 Å². The van der Waals surface area contributed by atoms with Crippen molar-refractivity contribution in [1.29, 1.82) is 0 Å². The van der Waals surface area contributed by atoms with E-state index in [-0.39, 0.29) is 17.7 Å². The van der Waals surface area contributed by atoms with Crippen LogP contribution in [0.5, 0.6) is 0 Å². The molecule has 1 heterocycles. The minimum Gasteiger partial charge on any atom is -0.378 e. The molecule has 108 valence electrons. The molecule has 1 saturated carbocycles. The van der Waals surface area contributed by atoms with Gasteiger partial charge in [0.25, 0.3) is 0 Å². The van der Waals surface area contributed by atoms with E-state index in [4.69, 9.17) is 4.74 Å². The largest absolute Gasteiger partial charge is 0.378 e. The fourth-order valence-electron chi connectivity index (χ4n) is 2.82. The van der Waals surface area contributed by atoms with Gasteiger partial charge in [0.1, 0.15) is 6.04 Å². The Balaban J connectivity index is 1.80. The van der Waals surface area contributed by atoms with Crippen molar-refractivity contribution < 1.29 is 14.3 Å². The Bertz CT molecular complexity index is 321. The van der Waals surface area contributed by atoms with E-state index in [9.17, 15) is 9.59 Å². The molecule has 1 aliphatic carbocycles. The van der Waals surface area contributed by atoms with E-state index in [1.807, 2.05) is 0 Å². The highest BCUT2D eigenvalue weighted by molar-refractivity contribution is 5.88. The maximum Gasteiger partial charge on any atom is 0.245 e. The zero-order chi connectivity index (χ0) is 13.7. The van der Waals surface area contributed by atoms with E-state index in [0.29, 0.717) is 26.3 Å². The highest BCUT2D eigenvalue weighted by Gasteiger charge is 2.27. The highest BCUT2D eigenvalue weighted by atomic mass is 16.5. The van der Waals surface area contributed by atoms with E-state index in [2.05, 4.69) is 5.32 Å². The highest BCUT2D eigenvalue weighted by Crippen LogP contribution is 2.23. The second kappa shape index (κ2) is 6.89. The Kier molecular flexibility index (Phi) is 5.19. The van der Waals surface area contributed by atoms with E-state index in [1.54, 1.807) is 11.8 Å². The summed E-state index contributed by atoms with van der Waals surface area (Å²) in [4.78, 5) is 26.0. The average Bonchev–Trinajstić information content (AvgIpc) is 2.48. The van der Waals surface area contributed by atoms with E-state index < -0.39 is 6.04 Å². The lowest BCUT2D eigenvalue weighted by atomic mass is 9.88. The third-order valence-electron chi connectivity index (χ3n) is 4.03. The molecule has 0 aromatic carbocycles. The van der Waals surface area contributed by atoms with Crippen LogP contribution in [0.3, 0.4) is 0 Å². The predicted molar refractivity (Wildman–Crippen MR) is 71.6 cm³/mol. The van der Waals surface area contributed by atoms with Gasteiger partial charge in [-0.2, -0.15) is 0 Å². The molecule has 1 saturated heterocycles. The molecular weight excluding hydrogens is 244 g/mol. The topological polar surface area (TPSA) is 58.6 Å². The molecule has 2 amide bonds. The fourth-order valence-corrected chi connectivity index (χ4v) is 2.82. The molecule has 0 aromatic rings. The van der Waals surface area contributed by atoms with Crippen LogP contribution in [0.15, 0.2) is 0 Å². The summed E-state index contributed by atoms with van der Waals surface area (Å²) in [6.07, 6.45) is 5.41. The number of amides is 2. The molecule has 19 heavy (non-hydrogen) atoms. The van der Waals surface area contributed by atoms with E-state index >= 15 is 0 Å². The van der Waals surface area contributed by atoms with Gasteiger partial charge in [-0.05, 0) is 19.8 Å². The van der Waals surface area contributed by atoms with Gasteiger partial charge in [0, 0.05) is 19.0 Å². The van der Waals surface area contributed by atoms with Crippen molar-refractivity contribution in [3.63, 3.8) is 0 Å². The summed E-state index contributed by atoms with van der Waals surface area (Å²) in [7, 11) is 0. The summed E-state index contributed by atoms with van der Waals surface area (Å²) in [5.74, 6) is 0.162. The molecule has 2 fully saturated rings. The predicted octanol–water partition coefficient (Wildman–Crippen LogP) is 0.930. The van der Waals surface area contributed by atoms with Crippen LogP contribution in [0.2, 0.25) is 0 Å². The summed E-state index contributed by atoms with van der Waals surface area (Å²) >= 11 is 0.